The molecule has 0 radical (unpaired) electrons. The summed E-state index contributed by atoms with van der Waals surface area (Å²) in [6, 6.07) is 15.7. The Morgan fingerprint density at radius 1 is 1.00 bits per heavy atom. The quantitative estimate of drug-likeness (QED) is 0.520. The minimum atomic E-state index is -0.530. The Balaban J connectivity index is 2.11. The summed E-state index contributed by atoms with van der Waals surface area (Å²) in [5.74, 6) is 0.238. The number of nitrogens with one attached hydrogen (secondary N) is 1. The molecule has 0 saturated carbocycles. The monoisotopic (exact) mass is 472 g/mol. The lowest BCUT2D eigenvalue weighted by Gasteiger charge is -2.29. The smallest absolute Gasteiger partial charge is 0.242 e. The highest BCUT2D eigenvalue weighted by Crippen LogP contribution is 2.17. The molecule has 2 aromatic rings. The third kappa shape index (κ3) is 7.60. The molecule has 2 aromatic carbocycles. The molecule has 2 rings (SSSR count). The Kier molecular flexibility index (Phi) is 9.57. The van der Waals surface area contributed by atoms with Gasteiger partial charge in [-0.3, -0.25) is 9.59 Å². The Morgan fingerprint density at radius 3 is 2.27 bits per heavy atom. The molecule has 162 valence electrons. The zero-order chi connectivity index (χ0) is 22.1. The number of benzene rings is 2. The van der Waals surface area contributed by atoms with Gasteiger partial charge >= 0.3 is 0 Å². The van der Waals surface area contributed by atoms with E-state index in [1.807, 2.05) is 31.2 Å². The zero-order valence-electron chi connectivity index (χ0n) is 18.5. The van der Waals surface area contributed by atoms with E-state index >= 15 is 0 Å². The number of aryl methyl sites for hydroxylation is 2. The van der Waals surface area contributed by atoms with Gasteiger partial charge in [0.25, 0.3) is 0 Å². The van der Waals surface area contributed by atoms with Crippen molar-refractivity contribution in [3.63, 3.8) is 0 Å². The van der Waals surface area contributed by atoms with Crippen LogP contribution in [0.15, 0.2) is 53.0 Å². The van der Waals surface area contributed by atoms with Crippen LogP contribution in [0, 0.1) is 5.92 Å². The Morgan fingerprint density at radius 2 is 1.67 bits per heavy atom. The van der Waals surface area contributed by atoms with Crippen LogP contribution in [0.4, 0.5) is 0 Å². The highest BCUT2D eigenvalue weighted by molar-refractivity contribution is 9.10. The maximum atomic E-state index is 13.1. The van der Waals surface area contributed by atoms with E-state index in [0.29, 0.717) is 31.8 Å². The molecule has 1 N–H and O–H groups in total. The van der Waals surface area contributed by atoms with Gasteiger partial charge in [0.2, 0.25) is 11.8 Å². The van der Waals surface area contributed by atoms with E-state index in [4.69, 9.17) is 0 Å². The summed E-state index contributed by atoms with van der Waals surface area (Å²) >= 11 is 3.49. The van der Waals surface area contributed by atoms with Crippen molar-refractivity contribution in [3.05, 3.63) is 69.7 Å². The second kappa shape index (κ2) is 11.9. The van der Waals surface area contributed by atoms with Crippen molar-refractivity contribution in [1.29, 1.82) is 0 Å². The third-order valence-corrected chi connectivity index (χ3v) is 5.65. The van der Waals surface area contributed by atoms with Gasteiger partial charge in [-0.25, -0.2) is 0 Å². The van der Waals surface area contributed by atoms with Crippen LogP contribution in [0.3, 0.4) is 0 Å². The molecule has 2 amide bonds. The minimum absolute atomic E-state index is 0.0123. The second-order valence-corrected chi connectivity index (χ2v) is 9.05. The topological polar surface area (TPSA) is 49.4 Å². The number of halogens is 1. The molecule has 0 unspecified atom stereocenters. The first-order valence-corrected chi connectivity index (χ1v) is 11.5. The number of rotatable bonds is 10. The fourth-order valence-electron chi connectivity index (χ4n) is 3.20. The summed E-state index contributed by atoms with van der Waals surface area (Å²) in [7, 11) is 0. The lowest BCUT2D eigenvalue weighted by atomic mass is 10.0. The van der Waals surface area contributed by atoms with Gasteiger partial charge in [-0.2, -0.15) is 0 Å². The summed E-state index contributed by atoms with van der Waals surface area (Å²) < 4.78 is 0.959. The molecule has 4 nitrogen and oxygen atoms in total. The average Bonchev–Trinajstić information content (AvgIpc) is 2.74. The zero-order valence-corrected chi connectivity index (χ0v) is 20.0. The predicted molar refractivity (Wildman–Crippen MR) is 126 cm³/mol. The SMILES string of the molecule is CCc1ccc(CCC(=O)N(Cc2cccc(Br)c2)[C@@H](C)C(=O)NCC(C)C)cc1. The van der Waals surface area contributed by atoms with Gasteiger partial charge in [0, 0.05) is 24.0 Å². The molecular weight excluding hydrogens is 440 g/mol. The first kappa shape index (κ1) is 24.1. The van der Waals surface area contributed by atoms with Crippen LogP contribution in [0.2, 0.25) is 0 Å². The highest BCUT2D eigenvalue weighted by Gasteiger charge is 2.26. The normalized spacial score (nSPS) is 11.9. The summed E-state index contributed by atoms with van der Waals surface area (Å²) in [5.41, 5.74) is 3.42. The maximum absolute atomic E-state index is 13.1. The van der Waals surface area contributed by atoms with E-state index in [0.717, 1.165) is 22.0 Å². The average molecular weight is 473 g/mol. The largest absolute Gasteiger partial charge is 0.354 e. The first-order chi connectivity index (χ1) is 14.3. The van der Waals surface area contributed by atoms with E-state index in [1.54, 1.807) is 4.90 Å². The standard InChI is InChI=1S/C25H33BrN2O2/c1-5-20-9-11-21(12-10-20)13-14-24(29)28(17-22-7-6-8-23(26)15-22)19(4)25(30)27-16-18(2)3/h6-12,15,18-19H,5,13-14,16-17H2,1-4H3,(H,27,30)/t19-/m0/s1. The number of carbonyl (C=O) groups is 2. The van der Waals surface area contributed by atoms with E-state index in [1.165, 1.54) is 5.56 Å². The Hall–Kier alpha value is -2.14. The molecule has 0 fully saturated rings. The lowest BCUT2D eigenvalue weighted by molar-refractivity contribution is -0.140. The van der Waals surface area contributed by atoms with Crippen LogP contribution < -0.4 is 5.32 Å². The van der Waals surface area contributed by atoms with Crippen molar-refractivity contribution in [1.82, 2.24) is 10.2 Å². The van der Waals surface area contributed by atoms with E-state index < -0.39 is 6.04 Å². The lowest BCUT2D eigenvalue weighted by Crippen LogP contribution is -2.48. The van der Waals surface area contributed by atoms with Crippen LogP contribution in [0.5, 0.6) is 0 Å². The van der Waals surface area contributed by atoms with Crippen molar-refractivity contribution >= 4 is 27.7 Å². The van der Waals surface area contributed by atoms with Crippen LogP contribution in [-0.4, -0.2) is 29.3 Å². The second-order valence-electron chi connectivity index (χ2n) is 8.14. The van der Waals surface area contributed by atoms with Gasteiger partial charge in [0.15, 0.2) is 0 Å². The van der Waals surface area contributed by atoms with E-state index in [-0.39, 0.29) is 11.8 Å². The molecule has 1 atom stereocenters. The summed E-state index contributed by atoms with van der Waals surface area (Å²) in [5, 5.41) is 2.96. The first-order valence-electron chi connectivity index (χ1n) is 10.7. The fraction of sp³-hybridized carbons (Fsp3) is 0.440. The van der Waals surface area contributed by atoms with Gasteiger partial charge < -0.3 is 10.2 Å². The molecular formula is C25H33BrN2O2. The van der Waals surface area contributed by atoms with Crippen LogP contribution in [0.1, 0.15) is 50.8 Å². The number of amides is 2. The molecule has 0 saturated heterocycles. The highest BCUT2D eigenvalue weighted by atomic mass is 79.9. The molecule has 0 aromatic heterocycles. The molecule has 0 aliphatic carbocycles. The van der Waals surface area contributed by atoms with Crippen LogP contribution in [0.25, 0.3) is 0 Å². The van der Waals surface area contributed by atoms with Crippen molar-refractivity contribution < 1.29 is 9.59 Å². The molecule has 0 spiro atoms. The number of nitrogens with zero attached hydrogens (tertiary/aromatic N) is 1. The Bertz CT molecular complexity index is 833. The summed E-state index contributed by atoms with van der Waals surface area (Å²) in [6.45, 7) is 9.05. The van der Waals surface area contributed by atoms with Crippen LogP contribution >= 0.6 is 15.9 Å². The Labute approximate surface area is 189 Å². The molecule has 0 bridgehead atoms. The number of hydrogen-bond donors (Lipinski definition) is 1. The van der Waals surface area contributed by atoms with Gasteiger partial charge in [-0.05, 0) is 54.5 Å². The molecule has 5 heteroatoms. The maximum Gasteiger partial charge on any atom is 0.242 e. The van der Waals surface area contributed by atoms with Gasteiger partial charge in [0.05, 0.1) is 0 Å². The molecule has 0 heterocycles. The predicted octanol–water partition coefficient (Wildman–Crippen LogP) is 5.13. The third-order valence-electron chi connectivity index (χ3n) is 5.15. The van der Waals surface area contributed by atoms with E-state index in [2.05, 4.69) is 66.3 Å². The van der Waals surface area contributed by atoms with Gasteiger partial charge in [-0.1, -0.05) is 73.1 Å². The summed E-state index contributed by atoms with van der Waals surface area (Å²) in [6.07, 6.45) is 2.04. The van der Waals surface area contributed by atoms with Crippen LogP contribution in [-0.2, 0) is 29.0 Å². The van der Waals surface area contributed by atoms with E-state index in [9.17, 15) is 9.59 Å². The molecule has 0 aliphatic rings. The van der Waals surface area contributed by atoms with Gasteiger partial charge in [0.1, 0.15) is 6.04 Å². The minimum Gasteiger partial charge on any atom is -0.354 e. The summed E-state index contributed by atoms with van der Waals surface area (Å²) in [4.78, 5) is 27.5. The molecule has 0 aliphatic heterocycles. The number of hydrogen-bond acceptors (Lipinski definition) is 2. The van der Waals surface area contributed by atoms with Crippen molar-refractivity contribution in [2.45, 2.75) is 59.5 Å². The number of carbonyl (C=O) groups excluding carboxylic acids is 2. The fourth-order valence-corrected chi connectivity index (χ4v) is 3.65. The molecule has 30 heavy (non-hydrogen) atoms. The van der Waals surface area contributed by atoms with Crippen molar-refractivity contribution in [3.8, 4) is 0 Å². The van der Waals surface area contributed by atoms with Gasteiger partial charge in [-0.15, -0.1) is 0 Å². The van der Waals surface area contributed by atoms with Crippen molar-refractivity contribution in [2.24, 2.45) is 5.92 Å². The van der Waals surface area contributed by atoms with Crippen molar-refractivity contribution in [2.75, 3.05) is 6.54 Å².